The lowest BCUT2D eigenvalue weighted by Crippen LogP contribution is -2.58. The van der Waals surface area contributed by atoms with E-state index >= 15 is 0 Å². The van der Waals surface area contributed by atoms with Gasteiger partial charge in [0.15, 0.2) is 19.1 Å². The minimum absolute atomic E-state index is 0.0410. The third-order valence-corrected chi connectivity index (χ3v) is 6.87. The minimum Gasteiger partial charge on any atom is -0.497 e. The van der Waals surface area contributed by atoms with Gasteiger partial charge in [0.25, 0.3) is 5.91 Å². The molecule has 0 spiro atoms. The Morgan fingerprint density at radius 1 is 0.952 bits per heavy atom. The van der Waals surface area contributed by atoms with Crippen LogP contribution < -0.4 is 14.8 Å². The molecule has 220 valence electrons. The molecule has 2 N–H and O–H groups in total. The number of rotatable bonds is 9. The zero-order chi connectivity index (χ0) is 30.1. The summed E-state index contributed by atoms with van der Waals surface area (Å²) in [5.41, 5.74) is 0.952. The highest BCUT2D eigenvalue weighted by atomic mass is 16.8. The molecule has 0 saturated carbocycles. The lowest BCUT2D eigenvalue weighted by atomic mass is 10.0. The van der Waals surface area contributed by atoms with Crippen molar-refractivity contribution in [2.45, 2.75) is 25.3 Å². The van der Waals surface area contributed by atoms with Crippen LogP contribution in [0.2, 0.25) is 0 Å². The Balaban J connectivity index is 1.50. The monoisotopic (exact) mass is 578 g/mol. The van der Waals surface area contributed by atoms with Gasteiger partial charge in [0.2, 0.25) is 0 Å². The summed E-state index contributed by atoms with van der Waals surface area (Å²) < 4.78 is 14.7. The SMILES string of the molecule is COCOc1ccc(OC)cc1C(=O)c1ccc(C(=O)O[N+]2(C(=O)O)CCCCC(NC(=O)c3ccncc3)C2)cc1. The number of quaternary nitrogens is 1. The van der Waals surface area contributed by atoms with E-state index in [1.165, 1.54) is 50.9 Å². The molecule has 0 bridgehead atoms. The van der Waals surface area contributed by atoms with E-state index in [2.05, 4.69) is 10.3 Å². The average Bonchev–Trinajstić information content (AvgIpc) is 3.22. The fourth-order valence-electron chi connectivity index (χ4n) is 4.67. The van der Waals surface area contributed by atoms with Crippen molar-refractivity contribution >= 4 is 23.8 Å². The van der Waals surface area contributed by atoms with E-state index in [1.54, 1.807) is 30.3 Å². The van der Waals surface area contributed by atoms with Gasteiger partial charge in [0.05, 0.1) is 24.3 Å². The summed E-state index contributed by atoms with van der Waals surface area (Å²) in [6.07, 6.45) is 3.28. The zero-order valence-corrected chi connectivity index (χ0v) is 23.3. The van der Waals surface area contributed by atoms with Crippen LogP contribution >= 0.6 is 0 Å². The molecule has 1 aromatic heterocycles. The van der Waals surface area contributed by atoms with E-state index in [0.717, 1.165) is 0 Å². The Morgan fingerprint density at radius 2 is 1.67 bits per heavy atom. The highest BCUT2D eigenvalue weighted by Gasteiger charge is 2.46. The molecule has 0 aliphatic carbocycles. The molecular weight excluding hydrogens is 546 g/mol. The second-order valence-corrected chi connectivity index (χ2v) is 9.68. The molecule has 1 aliphatic rings. The summed E-state index contributed by atoms with van der Waals surface area (Å²) in [5, 5.41) is 13.0. The number of ether oxygens (including phenoxy) is 3. The van der Waals surface area contributed by atoms with Crippen molar-refractivity contribution < 1.29 is 48.0 Å². The fraction of sp³-hybridized carbons (Fsp3) is 0.300. The standard InChI is InChI=1S/C30H31N3O9/c1-39-19-41-26-11-10-24(40-2)17-25(26)27(34)20-6-8-22(9-7-20)29(36)42-33(30(37)38)16-4-3-5-23(18-33)32-28(35)21-12-14-31-15-13-21/h6-15,17,23H,3-5,16,18-19H2,1-2H3,(H-,32,35,37,38)/p+1. The molecule has 2 amide bonds. The van der Waals surface area contributed by atoms with Gasteiger partial charge in [-0.05, 0) is 60.0 Å². The maximum atomic E-state index is 13.3. The molecule has 4 rings (SSSR count). The number of nitrogens with one attached hydrogen (secondary N) is 1. The van der Waals surface area contributed by atoms with Crippen molar-refractivity contribution in [3.05, 3.63) is 89.2 Å². The second-order valence-electron chi connectivity index (χ2n) is 9.68. The van der Waals surface area contributed by atoms with E-state index in [4.69, 9.17) is 19.0 Å². The molecule has 1 saturated heterocycles. The van der Waals surface area contributed by atoms with Gasteiger partial charge in [-0.3, -0.25) is 19.4 Å². The number of ketones is 1. The molecule has 2 unspecified atom stereocenters. The van der Waals surface area contributed by atoms with Crippen LogP contribution in [0.5, 0.6) is 11.5 Å². The number of likely N-dealkylation sites (tertiary alicyclic amines) is 1. The Bertz CT molecular complexity index is 1430. The van der Waals surface area contributed by atoms with Crippen LogP contribution in [-0.2, 0) is 9.57 Å². The maximum absolute atomic E-state index is 13.3. The Morgan fingerprint density at radius 3 is 2.33 bits per heavy atom. The van der Waals surface area contributed by atoms with Gasteiger partial charge in [-0.2, -0.15) is 4.79 Å². The van der Waals surface area contributed by atoms with Gasteiger partial charge in [-0.1, -0.05) is 12.1 Å². The number of methoxy groups -OCH3 is 2. The number of pyridine rings is 1. The topological polar surface area (TPSA) is 150 Å². The van der Waals surface area contributed by atoms with Gasteiger partial charge in [0, 0.05) is 37.1 Å². The molecule has 12 heteroatoms. The van der Waals surface area contributed by atoms with Gasteiger partial charge >= 0.3 is 12.1 Å². The van der Waals surface area contributed by atoms with Crippen molar-refractivity contribution in [3.8, 4) is 11.5 Å². The second kappa shape index (κ2) is 13.7. The summed E-state index contributed by atoms with van der Waals surface area (Å²) in [6, 6.07) is 13.0. The zero-order valence-electron chi connectivity index (χ0n) is 23.3. The summed E-state index contributed by atoms with van der Waals surface area (Å²) >= 11 is 0. The predicted octanol–water partition coefficient (Wildman–Crippen LogP) is 3.85. The molecule has 0 radical (unpaired) electrons. The van der Waals surface area contributed by atoms with Crippen LogP contribution in [0.25, 0.3) is 0 Å². The van der Waals surface area contributed by atoms with E-state index in [-0.39, 0.29) is 48.3 Å². The largest absolute Gasteiger partial charge is 0.556 e. The first-order chi connectivity index (χ1) is 20.3. The summed E-state index contributed by atoms with van der Waals surface area (Å²) in [5.74, 6) is -0.868. The number of hydrogen-bond acceptors (Lipinski definition) is 9. The first kappa shape index (κ1) is 30.2. The summed E-state index contributed by atoms with van der Waals surface area (Å²) in [6.45, 7) is -0.164. The van der Waals surface area contributed by atoms with Crippen molar-refractivity contribution in [3.63, 3.8) is 0 Å². The third-order valence-electron chi connectivity index (χ3n) is 6.87. The number of carbonyl (C=O) groups is 4. The highest BCUT2D eigenvalue weighted by Crippen LogP contribution is 2.28. The molecule has 2 atom stereocenters. The molecule has 12 nitrogen and oxygen atoms in total. The number of amides is 2. The Kier molecular flexibility index (Phi) is 9.84. The Labute approximate surface area is 242 Å². The molecule has 42 heavy (non-hydrogen) atoms. The van der Waals surface area contributed by atoms with E-state index in [0.29, 0.717) is 36.3 Å². The number of carbonyl (C=O) groups excluding carboxylic acids is 3. The van der Waals surface area contributed by atoms with Crippen molar-refractivity contribution in [1.29, 1.82) is 0 Å². The summed E-state index contributed by atoms with van der Waals surface area (Å²) in [4.78, 5) is 61.1. The number of aromatic nitrogens is 1. The normalized spacial score (nSPS) is 18.3. The minimum atomic E-state index is -1.35. The molecule has 1 aliphatic heterocycles. The molecular formula is C30H32N3O9+. The van der Waals surface area contributed by atoms with E-state index < -0.39 is 22.8 Å². The maximum Gasteiger partial charge on any atom is 0.556 e. The smallest absolute Gasteiger partial charge is 0.497 e. The molecule has 2 aromatic carbocycles. The van der Waals surface area contributed by atoms with Crippen LogP contribution in [0.15, 0.2) is 67.0 Å². The quantitative estimate of drug-likeness (QED) is 0.218. The molecule has 3 aromatic rings. The first-order valence-corrected chi connectivity index (χ1v) is 13.3. The predicted molar refractivity (Wildman–Crippen MR) is 148 cm³/mol. The number of carboxylic acid groups (broad SMARTS) is 1. The van der Waals surface area contributed by atoms with Gasteiger partial charge in [-0.25, -0.2) is 4.79 Å². The van der Waals surface area contributed by atoms with E-state index in [1.807, 2.05) is 0 Å². The van der Waals surface area contributed by atoms with Crippen LogP contribution in [0.4, 0.5) is 4.79 Å². The first-order valence-electron chi connectivity index (χ1n) is 13.3. The number of nitrogens with zero attached hydrogens (tertiary/aromatic N) is 2. The number of benzene rings is 2. The van der Waals surface area contributed by atoms with Gasteiger partial charge in [0.1, 0.15) is 18.0 Å². The van der Waals surface area contributed by atoms with Crippen LogP contribution in [0.3, 0.4) is 0 Å². The van der Waals surface area contributed by atoms with Crippen molar-refractivity contribution in [2.75, 3.05) is 34.1 Å². The van der Waals surface area contributed by atoms with Crippen molar-refractivity contribution in [2.24, 2.45) is 0 Å². The van der Waals surface area contributed by atoms with Crippen molar-refractivity contribution in [1.82, 2.24) is 10.3 Å². The lowest BCUT2D eigenvalue weighted by Gasteiger charge is -2.30. The third kappa shape index (κ3) is 7.09. The molecule has 2 heterocycles. The average molecular weight is 579 g/mol. The highest BCUT2D eigenvalue weighted by molar-refractivity contribution is 6.11. The Hall–Kier alpha value is -4.81. The van der Waals surface area contributed by atoms with Crippen LogP contribution in [0.1, 0.15) is 55.9 Å². The molecule has 1 fully saturated rings. The van der Waals surface area contributed by atoms with Gasteiger partial charge in [-0.15, -0.1) is 0 Å². The summed E-state index contributed by atoms with van der Waals surface area (Å²) in [7, 11) is 2.94. The number of hydroxylamine groups is 3. The van der Waals surface area contributed by atoms with E-state index in [9.17, 15) is 24.3 Å². The lowest BCUT2D eigenvalue weighted by molar-refractivity contribution is -1.03. The fourth-order valence-corrected chi connectivity index (χ4v) is 4.67. The number of hydrogen-bond donors (Lipinski definition) is 2. The van der Waals surface area contributed by atoms with Gasteiger partial charge < -0.3 is 24.6 Å². The van der Waals surface area contributed by atoms with Crippen LogP contribution in [-0.4, -0.2) is 78.6 Å². The van der Waals surface area contributed by atoms with Crippen LogP contribution in [0, 0.1) is 0 Å².